The van der Waals surface area contributed by atoms with Gasteiger partial charge in [-0.15, -0.1) is 0 Å². The largest absolute Gasteiger partial charge is 0.399 e. The summed E-state index contributed by atoms with van der Waals surface area (Å²) >= 11 is 0. The highest BCUT2D eigenvalue weighted by Gasteiger charge is 2.13. The number of rotatable bonds is 5. The molecule has 0 aliphatic heterocycles. The van der Waals surface area contributed by atoms with Gasteiger partial charge in [-0.25, -0.2) is 0 Å². The zero-order chi connectivity index (χ0) is 14.2. The fourth-order valence-corrected chi connectivity index (χ4v) is 2.52. The average molecular weight is 276 g/mol. The highest BCUT2D eigenvalue weighted by molar-refractivity contribution is 5.90. The molecule has 110 valence electrons. The summed E-state index contributed by atoms with van der Waals surface area (Å²) in [5.41, 5.74) is 7.07. The first-order valence-corrected chi connectivity index (χ1v) is 7.51. The van der Waals surface area contributed by atoms with Gasteiger partial charge in [0.1, 0.15) is 0 Å². The van der Waals surface area contributed by atoms with Crippen LogP contribution in [0.3, 0.4) is 0 Å². The average Bonchev–Trinajstić information content (AvgIpc) is 2.70. The number of nitrogen functional groups attached to an aromatic ring is 1. The Balaban J connectivity index is 1.65. The SMILES string of the molecule is Nc1ccc(NC(=O)CCOC2CCCCCC2)cc1. The number of nitrogens with two attached hydrogens (primary N) is 1. The summed E-state index contributed by atoms with van der Waals surface area (Å²) in [7, 11) is 0. The molecular formula is C16H24N2O2. The van der Waals surface area contributed by atoms with Gasteiger partial charge < -0.3 is 15.8 Å². The summed E-state index contributed by atoms with van der Waals surface area (Å²) in [5, 5.41) is 2.84. The third-order valence-corrected chi connectivity index (χ3v) is 3.68. The predicted octanol–water partition coefficient (Wildman–Crippen LogP) is 3.34. The number of hydrogen-bond donors (Lipinski definition) is 2. The van der Waals surface area contributed by atoms with Gasteiger partial charge in [0.2, 0.25) is 5.91 Å². The van der Waals surface area contributed by atoms with E-state index in [1.807, 2.05) is 0 Å². The van der Waals surface area contributed by atoms with Gasteiger partial charge >= 0.3 is 0 Å². The van der Waals surface area contributed by atoms with E-state index in [4.69, 9.17) is 10.5 Å². The minimum absolute atomic E-state index is 0.0107. The second kappa shape index (κ2) is 7.90. The minimum Gasteiger partial charge on any atom is -0.399 e. The first-order valence-electron chi connectivity index (χ1n) is 7.51. The summed E-state index contributed by atoms with van der Waals surface area (Å²) in [6, 6.07) is 7.16. The van der Waals surface area contributed by atoms with Gasteiger partial charge in [0.05, 0.1) is 19.1 Å². The molecule has 0 aromatic heterocycles. The molecule has 1 aliphatic rings. The van der Waals surface area contributed by atoms with Crippen molar-refractivity contribution in [1.29, 1.82) is 0 Å². The number of carbonyl (C=O) groups is 1. The van der Waals surface area contributed by atoms with E-state index >= 15 is 0 Å². The number of amides is 1. The molecule has 2 rings (SSSR count). The lowest BCUT2D eigenvalue weighted by atomic mass is 10.1. The molecule has 0 radical (unpaired) electrons. The van der Waals surface area contributed by atoms with Gasteiger partial charge in [-0.2, -0.15) is 0 Å². The summed E-state index contributed by atoms with van der Waals surface area (Å²) < 4.78 is 5.81. The van der Waals surface area contributed by atoms with Crippen molar-refractivity contribution < 1.29 is 9.53 Å². The summed E-state index contributed by atoms with van der Waals surface area (Å²) in [4.78, 5) is 11.8. The molecular weight excluding hydrogens is 252 g/mol. The molecule has 3 N–H and O–H groups in total. The fraction of sp³-hybridized carbons (Fsp3) is 0.562. The Morgan fingerprint density at radius 1 is 1.15 bits per heavy atom. The smallest absolute Gasteiger partial charge is 0.226 e. The van der Waals surface area contributed by atoms with E-state index in [2.05, 4.69) is 5.32 Å². The van der Waals surface area contributed by atoms with Gasteiger partial charge in [0.15, 0.2) is 0 Å². The first-order chi connectivity index (χ1) is 9.74. The van der Waals surface area contributed by atoms with Crippen molar-refractivity contribution >= 4 is 17.3 Å². The van der Waals surface area contributed by atoms with E-state index in [-0.39, 0.29) is 5.91 Å². The summed E-state index contributed by atoms with van der Waals surface area (Å²) in [5.74, 6) is -0.0107. The van der Waals surface area contributed by atoms with Crippen molar-refractivity contribution in [3.05, 3.63) is 24.3 Å². The van der Waals surface area contributed by atoms with Crippen LogP contribution >= 0.6 is 0 Å². The summed E-state index contributed by atoms with van der Waals surface area (Å²) in [6.45, 7) is 0.505. The van der Waals surface area contributed by atoms with E-state index in [1.165, 1.54) is 25.7 Å². The Morgan fingerprint density at radius 3 is 2.45 bits per heavy atom. The Labute approximate surface area is 120 Å². The third-order valence-electron chi connectivity index (χ3n) is 3.68. The second-order valence-electron chi connectivity index (χ2n) is 5.40. The third kappa shape index (κ3) is 5.21. The van der Waals surface area contributed by atoms with Gasteiger partial charge in [0.25, 0.3) is 0 Å². The Bertz CT molecular complexity index is 409. The van der Waals surface area contributed by atoms with Crippen LogP contribution in [0.4, 0.5) is 11.4 Å². The fourth-order valence-electron chi connectivity index (χ4n) is 2.52. The van der Waals surface area contributed by atoms with E-state index in [0.717, 1.165) is 18.5 Å². The molecule has 4 nitrogen and oxygen atoms in total. The van der Waals surface area contributed by atoms with Crippen LogP contribution in [0.5, 0.6) is 0 Å². The van der Waals surface area contributed by atoms with E-state index in [1.54, 1.807) is 24.3 Å². The molecule has 4 heteroatoms. The number of ether oxygens (including phenoxy) is 1. The Morgan fingerprint density at radius 2 is 1.80 bits per heavy atom. The standard InChI is InChI=1S/C16H24N2O2/c17-13-7-9-14(10-8-13)18-16(19)11-12-20-15-5-3-1-2-4-6-15/h7-10,15H,1-6,11-12,17H2,(H,18,19). The monoisotopic (exact) mass is 276 g/mol. The Hall–Kier alpha value is -1.55. The minimum atomic E-state index is -0.0107. The van der Waals surface area contributed by atoms with Gasteiger partial charge in [0, 0.05) is 11.4 Å². The molecule has 1 amide bonds. The van der Waals surface area contributed by atoms with Gasteiger partial charge in [-0.1, -0.05) is 25.7 Å². The number of anilines is 2. The molecule has 0 atom stereocenters. The lowest BCUT2D eigenvalue weighted by Gasteiger charge is -2.15. The molecule has 1 aromatic rings. The maximum atomic E-state index is 11.8. The molecule has 1 saturated carbocycles. The van der Waals surface area contributed by atoms with Crippen molar-refractivity contribution in [2.75, 3.05) is 17.7 Å². The van der Waals surface area contributed by atoms with E-state index < -0.39 is 0 Å². The highest BCUT2D eigenvalue weighted by Crippen LogP contribution is 2.20. The van der Waals surface area contributed by atoms with Crippen LogP contribution < -0.4 is 11.1 Å². The Kier molecular flexibility index (Phi) is 5.87. The molecule has 0 saturated heterocycles. The molecule has 0 heterocycles. The lowest BCUT2D eigenvalue weighted by Crippen LogP contribution is -2.18. The lowest BCUT2D eigenvalue weighted by molar-refractivity contribution is -0.117. The number of hydrogen-bond acceptors (Lipinski definition) is 3. The zero-order valence-electron chi connectivity index (χ0n) is 11.9. The van der Waals surface area contributed by atoms with Crippen LogP contribution in [0.25, 0.3) is 0 Å². The molecule has 0 bridgehead atoms. The molecule has 1 aliphatic carbocycles. The molecule has 1 fully saturated rings. The van der Waals surface area contributed by atoms with Crippen molar-refractivity contribution in [3.63, 3.8) is 0 Å². The maximum absolute atomic E-state index is 11.8. The highest BCUT2D eigenvalue weighted by atomic mass is 16.5. The van der Waals surface area contributed by atoms with Crippen LogP contribution in [0.2, 0.25) is 0 Å². The number of carbonyl (C=O) groups excluding carboxylic acids is 1. The number of benzene rings is 1. The predicted molar refractivity (Wildman–Crippen MR) is 81.5 cm³/mol. The summed E-state index contributed by atoms with van der Waals surface area (Å²) in [6.07, 6.45) is 8.17. The van der Waals surface area contributed by atoms with Gasteiger partial charge in [-0.05, 0) is 37.1 Å². The zero-order valence-corrected chi connectivity index (χ0v) is 11.9. The maximum Gasteiger partial charge on any atom is 0.226 e. The topological polar surface area (TPSA) is 64.3 Å². The molecule has 0 unspecified atom stereocenters. The van der Waals surface area contributed by atoms with Crippen molar-refractivity contribution in [2.45, 2.75) is 51.0 Å². The van der Waals surface area contributed by atoms with Crippen LogP contribution in [-0.4, -0.2) is 18.6 Å². The van der Waals surface area contributed by atoms with Crippen molar-refractivity contribution in [3.8, 4) is 0 Å². The normalized spacial score (nSPS) is 16.6. The first kappa shape index (κ1) is 14.9. The molecule has 20 heavy (non-hydrogen) atoms. The van der Waals surface area contributed by atoms with Crippen molar-refractivity contribution in [1.82, 2.24) is 0 Å². The van der Waals surface area contributed by atoms with Crippen LogP contribution in [0.1, 0.15) is 44.9 Å². The molecule has 0 spiro atoms. The quantitative estimate of drug-likeness (QED) is 0.640. The van der Waals surface area contributed by atoms with Crippen LogP contribution in [-0.2, 0) is 9.53 Å². The van der Waals surface area contributed by atoms with E-state index in [9.17, 15) is 4.79 Å². The second-order valence-corrected chi connectivity index (χ2v) is 5.40. The number of nitrogens with one attached hydrogen (secondary N) is 1. The van der Waals surface area contributed by atoms with Crippen molar-refractivity contribution in [2.24, 2.45) is 0 Å². The van der Waals surface area contributed by atoms with Crippen LogP contribution in [0, 0.1) is 0 Å². The molecule has 1 aromatic carbocycles. The van der Waals surface area contributed by atoms with Crippen LogP contribution in [0.15, 0.2) is 24.3 Å². The van der Waals surface area contributed by atoms with E-state index in [0.29, 0.717) is 24.8 Å². The van der Waals surface area contributed by atoms with Gasteiger partial charge in [-0.3, -0.25) is 4.79 Å².